The zero-order valence-corrected chi connectivity index (χ0v) is 8.33. The molecule has 0 aliphatic carbocycles. The number of carbonyl (C=O) groups excluding carboxylic acids is 1. The summed E-state index contributed by atoms with van der Waals surface area (Å²) in [6, 6.07) is 7.50. The fourth-order valence-corrected chi connectivity index (χ4v) is 1.54. The topological polar surface area (TPSA) is 26.3 Å². The van der Waals surface area contributed by atoms with Crippen LogP contribution in [0.3, 0.4) is 0 Å². The van der Waals surface area contributed by atoms with Gasteiger partial charge in [0.1, 0.15) is 5.76 Å². The first kappa shape index (κ1) is 9.00. The molecule has 0 unspecified atom stereocenters. The summed E-state index contributed by atoms with van der Waals surface area (Å²) in [5.41, 5.74) is 2.72. The van der Waals surface area contributed by atoms with Crippen molar-refractivity contribution in [3.8, 4) is 0 Å². The summed E-state index contributed by atoms with van der Waals surface area (Å²) >= 11 is 0. The Morgan fingerprint density at radius 3 is 2.57 bits per heavy atom. The fraction of sp³-hybridized carbons (Fsp3) is 0.250. The molecule has 0 atom stereocenters. The van der Waals surface area contributed by atoms with E-state index in [2.05, 4.69) is 6.92 Å². The highest BCUT2D eigenvalue weighted by Gasteiger charge is 2.26. The molecule has 0 spiro atoms. The van der Waals surface area contributed by atoms with Gasteiger partial charge in [-0.15, -0.1) is 0 Å². The zero-order valence-electron chi connectivity index (χ0n) is 8.33. The zero-order chi connectivity index (χ0) is 10.1. The van der Waals surface area contributed by atoms with E-state index in [1.165, 1.54) is 0 Å². The molecule has 0 amide bonds. The molecule has 1 aliphatic heterocycles. The van der Waals surface area contributed by atoms with Crippen LogP contribution >= 0.6 is 0 Å². The Balaban J connectivity index is 2.60. The summed E-state index contributed by atoms with van der Waals surface area (Å²) in [6.45, 7) is 4.04. The molecule has 0 radical (unpaired) electrons. The molecular formula is C12H12O2. The summed E-state index contributed by atoms with van der Waals surface area (Å²) in [5, 5.41) is 0. The van der Waals surface area contributed by atoms with Gasteiger partial charge in [-0.2, -0.15) is 0 Å². The van der Waals surface area contributed by atoms with E-state index in [0.29, 0.717) is 5.56 Å². The van der Waals surface area contributed by atoms with Gasteiger partial charge in [-0.25, -0.2) is 4.79 Å². The van der Waals surface area contributed by atoms with Gasteiger partial charge in [-0.1, -0.05) is 25.1 Å². The molecule has 0 bridgehead atoms. The van der Waals surface area contributed by atoms with Crippen LogP contribution in [-0.4, -0.2) is 5.97 Å². The van der Waals surface area contributed by atoms with Crippen molar-refractivity contribution >= 4 is 11.7 Å². The van der Waals surface area contributed by atoms with E-state index < -0.39 is 0 Å². The third kappa shape index (κ3) is 1.23. The van der Waals surface area contributed by atoms with Gasteiger partial charge in [-0.3, -0.25) is 0 Å². The lowest BCUT2D eigenvalue weighted by atomic mass is 10.0. The van der Waals surface area contributed by atoms with Gasteiger partial charge in [0.05, 0.1) is 5.56 Å². The Morgan fingerprint density at radius 1 is 1.29 bits per heavy atom. The smallest absolute Gasteiger partial charge is 0.344 e. The molecule has 2 nitrogen and oxygen atoms in total. The lowest BCUT2D eigenvalue weighted by molar-refractivity contribution is 0.0714. The summed E-state index contributed by atoms with van der Waals surface area (Å²) in [5.74, 6) is 0.511. The number of carbonyl (C=O) groups is 1. The molecule has 1 aromatic rings. The molecule has 2 heteroatoms. The van der Waals surface area contributed by atoms with E-state index >= 15 is 0 Å². The molecule has 0 fully saturated rings. The molecular weight excluding hydrogens is 176 g/mol. The van der Waals surface area contributed by atoms with E-state index in [1.54, 1.807) is 6.07 Å². The fourth-order valence-electron chi connectivity index (χ4n) is 1.54. The molecule has 14 heavy (non-hydrogen) atoms. The van der Waals surface area contributed by atoms with Gasteiger partial charge in [0, 0.05) is 5.56 Å². The van der Waals surface area contributed by atoms with Gasteiger partial charge < -0.3 is 4.74 Å². The van der Waals surface area contributed by atoms with Crippen molar-refractivity contribution in [2.45, 2.75) is 20.3 Å². The minimum absolute atomic E-state index is 0.233. The Morgan fingerprint density at radius 2 is 1.93 bits per heavy atom. The molecule has 0 N–H and O–H groups in total. The highest BCUT2D eigenvalue weighted by atomic mass is 16.5. The van der Waals surface area contributed by atoms with E-state index in [9.17, 15) is 4.79 Å². The van der Waals surface area contributed by atoms with Crippen molar-refractivity contribution in [1.29, 1.82) is 0 Å². The van der Waals surface area contributed by atoms with Crippen LogP contribution in [0, 0.1) is 0 Å². The van der Waals surface area contributed by atoms with E-state index in [0.717, 1.165) is 23.3 Å². The maximum atomic E-state index is 11.4. The van der Waals surface area contributed by atoms with Crippen LogP contribution in [0.25, 0.3) is 5.76 Å². The number of hydrogen-bond acceptors (Lipinski definition) is 2. The second-order valence-electron chi connectivity index (χ2n) is 3.40. The Bertz CT molecular complexity index is 416. The second kappa shape index (κ2) is 3.29. The van der Waals surface area contributed by atoms with Gasteiger partial charge in [0.2, 0.25) is 0 Å². The van der Waals surface area contributed by atoms with Crippen molar-refractivity contribution in [3.05, 3.63) is 41.0 Å². The first-order valence-electron chi connectivity index (χ1n) is 4.75. The number of allylic oxidation sites excluding steroid dienone is 1. The van der Waals surface area contributed by atoms with Crippen molar-refractivity contribution in [2.24, 2.45) is 0 Å². The Hall–Kier alpha value is -1.57. The largest absolute Gasteiger partial charge is 0.422 e. The Kier molecular flexibility index (Phi) is 2.12. The van der Waals surface area contributed by atoms with Crippen LogP contribution in [0.1, 0.15) is 36.2 Å². The lowest BCUT2D eigenvalue weighted by Gasteiger charge is -2.02. The normalized spacial score (nSPS) is 17.7. The first-order chi connectivity index (χ1) is 6.74. The van der Waals surface area contributed by atoms with Crippen LogP contribution in [0.15, 0.2) is 29.8 Å². The van der Waals surface area contributed by atoms with Crippen LogP contribution in [-0.2, 0) is 4.74 Å². The number of benzene rings is 1. The highest BCUT2D eigenvalue weighted by molar-refractivity contribution is 6.03. The van der Waals surface area contributed by atoms with Crippen LogP contribution in [0.4, 0.5) is 0 Å². The molecule has 72 valence electrons. The number of esters is 1. The summed E-state index contributed by atoms with van der Waals surface area (Å²) in [6.07, 6.45) is 0.900. The molecule has 1 aromatic carbocycles. The third-order valence-electron chi connectivity index (χ3n) is 2.50. The predicted octanol–water partition coefficient (Wildman–Crippen LogP) is 3.00. The second-order valence-corrected chi connectivity index (χ2v) is 3.40. The number of cyclic esters (lactones) is 1. The predicted molar refractivity (Wildman–Crippen MR) is 54.7 cm³/mol. The molecule has 1 heterocycles. The highest BCUT2D eigenvalue weighted by Crippen LogP contribution is 2.32. The van der Waals surface area contributed by atoms with Gasteiger partial charge in [-0.05, 0) is 25.0 Å². The standard InChI is InChI=1S/C12H12O2/c1-3-8(2)11-9-6-4-5-7-10(9)12(13)14-11/h4-7H,3H2,1-2H3/b11-8+. The molecule has 2 rings (SSSR count). The molecule has 0 saturated heterocycles. The molecule has 0 saturated carbocycles. The Labute approximate surface area is 83.2 Å². The van der Waals surface area contributed by atoms with E-state index in [1.807, 2.05) is 25.1 Å². The SMILES string of the molecule is CC/C(C)=C1/OC(=O)c2ccccc21. The summed E-state index contributed by atoms with van der Waals surface area (Å²) in [7, 11) is 0. The van der Waals surface area contributed by atoms with Crippen LogP contribution in [0.5, 0.6) is 0 Å². The van der Waals surface area contributed by atoms with Crippen molar-refractivity contribution in [2.75, 3.05) is 0 Å². The van der Waals surface area contributed by atoms with Crippen molar-refractivity contribution in [3.63, 3.8) is 0 Å². The van der Waals surface area contributed by atoms with Gasteiger partial charge in [0.25, 0.3) is 0 Å². The third-order valence-corrected chi connectivity index (χ3v) is 2.50. The van der Waals surface area contributed by atoms with E-state index in [4.69, 9.17) is 4.74 Å². The average Bonchev–Trinajstić information content (AvgIpc) is 2.56. The summed E-state index contributed by atoms with van der Waals surface area (Å²) in [4.78, 5) is 11.4. The lowest BCUT2D eigenvalue weighted by Crippen LogP contribution is -1.92. The van der Waals surface area contributed by atoms with E-state index in [-0.39, 0.29) is 5.97 Å². The first-order valence-corrected chi connectivity index (χ1v) is 4.75. The minimum atomic E-state index is -0.233. The monoisotopic (exact) mass is 188 g/mol. The molecule has 0 aromatic heterocycles. The number of ether oxygens (including phenoxy) is 1. The van der Waals surface area contributed by atoms with Gasteiger partial charge in [0.15, 0.2) is 0 Å². The average molecular weight is 188 g/mol. The van der Waals surface area contributed by atoms with Crippen LogP contribution in [0.2, 0.25) is 0 Å². The number of hydrogen-bond donors (Lipinski definition) is 0. The van der Waals surface area contributed by atoms with Crippen LogP contribution < -0.4 is 0 Å². The number of rotatable bonds is 1. The van der Waals surface area contributed by atoms with Crippen molar-refractivity contribution < 1.29 is 9.53 Å². The minimum Gasteiger partial charge on any atom is -0.422 e. The maximum Gasteiger partial charge on any atom is 0.344 e. The van der Waals surface area contributed by atoms with Gasteiger partial charge >= 0.3 is 5.97 Å². The quantitative estimate of drug-likeness (QED) is 0.633. The molecule has 1 aliphatic rings. The summed E-state index contributed by atoms with van der Waals surface area (Å²) < 4.78 is 5.23. The maximum absolute atomic E-state index is 11.4. The number of fused-ring (bicyclic) bond motifs is 1. The van der Waals surface area contributed by atoms with Crippen molar-refractivity contribution in [1.82, 2.24) is 0 Å².